The number of nitrogens with zero attached hydrogens (tertiary/aromatic N) is 1. The van der Waals surface area contributed by atoms with Crippen LogP contribution in [0.5, 0.6) is 0 Å². The first-order chi connectivity index (χ1) is 8.65. The predicted octanol–water partition coefficient (Wildman–Crippen LogP) is 2.81. The van der Waals surface area contributed by atoms with E-state index in [1.54, 1.807) is 0 Å². The maximum absolute atomic E-state index is 12.0. The minimum Gasteiger partial charge on any atom is -0.325 e. The van der Waals surface area contributed by atoms with Gasteiger partial charge < -0.3 is 5.32 Å². The highest BCUT2D eigenvalue weighted by molar-refractivity contribution is 5.92. The van der Waals surface area contributed by atoms with E-state index < -0.39 is 0 Å². The Kier molecular flexibility index (Phi) is 4.37. The summed E-state index contributed by atoms with van der Waals surface area (Å²) in [6.45, 7) is 5.80. The molecule has 0 aromatic heterocycles. The van der Waals surface area contributed by atoms with Gasteiger partial charge in [0.2, 0.25) is 5.91 Å². The molecule has 0 spiro atoms. The number of piperidine rings is 1. The number of likely N-dealkylation sites (tertiary alicyclic amines) is 1. The van der Waals surface area contributed by atoms with E-state index in [0.717, 1.165) is 12.2 Å². The van der Waals surface area contributed by atoms with Crippen LogP contribution in [0.1, 0.15) is 31.7 Å². The van der Waals surface area contributed by atoms with E-state index >= 15 is 0 Å². The molecule has 1 fully saturated rings. The third-order valence-corrected chi connectivity index (χ3v) is 3.62. The topological polar surface area (TPSA) is 32.3 Å². The van der Waals surface area contributed by atoms with Crippen molar-refractivity contribution >= 4 is 11.6 Å². The molecule has 1 heterocycles. The molecule has 98 valence electrons. The lowest BCUT2D eigenvalue weighted by molar-refractivity contribution is -0.118. The zero-order valence-electron chi connectivity index (χ0n) is 11.3. The Bertz CT molecular complexity index is 399. The van der Waals surface area contributed by atoms with E-state index in [4.69, 9.17) is 0 Å². The van der Waals surface area contributed by atoms with E-state index in [0.29, 0.717) is 12.6 Å². The van der Waals surface area contributed by atoms with Gasteiger partial charge in [-0.2, -0.15) is 0 Å². The van der Waals surface area contributed by atoms with Crippen LogP contribution >= 0.6 is 0 Å². The third-order valence-electron chi connectivity index (χ3n) is 3.62. The number of benzene rings is 1. The van der Waals surface area contributed by atoms with E-state index in [1.807, 2.05) is 31.2 Å². The van der Waals surface area contributed by atoms with Crippen LogP contribution in [0.2, 0.25) is 0 Å². The van der Waals surface area contributed by atoms with Crippen molar-refractivity contribution in [2.45, 2.75) is 39.2 Å². The fourth-order valence-corrected chi connectivity index (χ4v) is 2.41. The van der Waals surface area contributed by atoms with Gasteiger partial charge in [0.25, 0.3) is 0 Å². The summed E-state index contributed by atoms with van der Waals surface area (Å²) in [6.07, 6.45) is 3.71. The van der Waals surface area contributed by atoms with E-state index in [-0.39, 0.29) is 5.91 Å². The molecule has 0 unspecified atom stereocenters. The van der Waals surface area contributed by atoms with Gasteiger partial charge >= 0.3 is 0 Å². The SMILES string of the molecule is Cc1ccc(NC(=O)CN2CCCC[C@H]2C)cc1. The number of anilines is 1. The van der Waals surface area contributed by atoms with Gasteiger partial charge in [-0.15, -0.1) is 0 Å². The molecule has 3 heteroatoms. The van der Waals surface area contributed by atoms with E-state index in [1.165, 1.54) is 24.8 Å². The number of hydrogen-bond donors (Lipinski definition) is 1. The molecule has 0 bridgehead atoms. The summed E-state index contributed by atoms with van der Waals surface area (Å²) in [5.74, 6) is 0.0904. The summed E-state index contributed by atoms with van der Waals surface area (Å²) in [7, 11) is 0. The molecule has 1 aliphatic heterocycles. The molecule has 1 amide bonds. The largest absolute Gasteiger partial charge is 0.325 e. The standard InChI is InChI=1S/C15H22N2O/c1-12-6-8-14(9-7-12)16-15(18)11-17-10-4-3-5-13(17)2/h6-9,13H,3-5,10-11H2,1-2H3,(H,16,18)/t13-/m1/s1. The Morgan fingerprint density at radius 1 is 1.33 bits per heavy atom. The van der Waals surface area contributed by atoms with Gasteiger partial charge in [-0.05, 0) is 45.4 Å². The molecule has 1 aromatic rings. The zero-order chi connectivity index (χ0) is 13.0. The summed E-state index contributed by atoms with van der Waals surface area (Å²) in [4.78, 5) is 14.2. The molecule has 1 atom stereocenters. The molecule has 1 saturated heterocycles. The lowest BCUT2D eigenvalue weighted by Gasteiger charge is -2.32. The van der Waals surface area contributed by atoms with Gasteiger partial charge in [-0.1, -0.05) is 24.1 Å². The maximum atomic E-state index is 12.0. The summed E-state index contributed by atoms with van der Waals surface area (Å²) in [5.41, 5.74) is 2.09. The third kappa shape index (κ3) is 3.57. The second kappa shape index (κ2) is 6.01. The molecule has 1 aromatic carbocycles. The average molecular weight is 246 g/mol. The van der Waals surface area contributed by atoms with Crippen LogP contribution in [0.25, 0.3) is 0 Å². The van der Waals surface area contributed by atoms with Crippen molar-refractivity contribution in [2.75, 3.05) is 18.4 Å². The first-order valence-electron chi connectivity index (χ1n) is 6.76. The van der Waals surface area contributed by atoms with Crippen molar-refractivity contribution in [1.82, 2.24) is 4.90 Å². The Morgan fingerprint density at radius 3 is 2.72 bits per heavy atom. The molecule has 0 radical (unpaired) electrons. The minimum absolute atomic E-state index is 0.0904. The summed E-state index contributed by atoms with van der Waals surface area (Å²) in [6, 6.07) is 8.46. The van der Waals surface area contributed by atoms with Gasteiger partial charge in [0, 0.05) is 11.7 Å². The van der Waals surface area contributed by atoms with Crippen molar-refractivity contribution in [3.8, 4) is 0 Å². The van der Waals surface area contributed by atoms with Crippen LogP contribution in [0.15, 0.2) is 24.3 Å². The predicted molar refractivity (Wildman–Crippen MR) is 74.7 cm³/mol. The van der Waals surface area contributed by atoms with Crippen LogP contribution < -0.4 is 5.32 Å². The Labute approximate surface area is 109 Å². The van der Waals surface area contributed by atoms with Crippen LogP contribution in [-0.2, 0) is 4.79 Å². The quantitative estimate of drug-likeness (QED) is 0.889. The second-order valence-electron chi connectivity index (χ2n) is 5.23. The van der Waals surface area contributed by atoms with Crippen molar-refractivity contribution < 1.29 is 4.79 Å². The smallest absolute Gasteiger partial charge is 0.238 e. The molecular formula is C15H22N2O. The maximum Gasteiger partial charge on any atom is 0.238 e. The number of rotatable bonds is 3. The fraction of sp³-hybridized carbons (Fsp3) is 0.533. The first-order valence-corrected chi connectivity index (χ1v) is 6.76. The number of amides is 1. The van der Waals surface area contributed by atoms with Crippen molar-refractivity contribution in [1.29, 1.82) is 0 Å². The molecule has 1 aliphatic rings. The highest BCUT2D eigenvalue weighted by Gasteiger charge is 2.20. The van der Waals surface area contributed by atoms with Gasteiger partial charge in [0.15, 0.2) is 0 Å². The summed E-state index contributed by atoms with van der Waals surface area (Å²) in [5, 5.41) is 2.96. The molecule has 0 aliphatic carbocycles. The Balaban J connectivity index is 1.86. The Morgan fingerprint density at radius 2 is 2.06 bits per heavy atom. The van der Waals surface area contributed by atoms with Crippen molar-refractivity contribution in [2.24, 2.45) is 0 Å². The lowest BCUT2D eigenvalue weighted by Crippen LogP contribution is -2.42. The average Bonchev–Trinajstić information content (AvgIpc) is 2.35. The van der Waals surface area contributed by atoms with Crippen LogP contribution in [-0.4, -0.2) is 29.9 Å². The van der Waals surface area contributed by atoms with Crippen LogP contribution in [0.4, 0.5) is 5.69 Å². The van der Waals surface area contributed by atoms with Gasteiger partial charge in [-0.3, -0.25) is 9.69 Å². The number of hydrogen-bond acceptors (Lipinski definition) is 2. The zero-order valence-corrected chi connectivity index (χ0v) is 11.3. The number of aryl methyl sites for hydroxylation is 1. The van der Waals surface area contributed by atoms with Crippen LogP contribution in [0.3, 0.4) is 0 Å². The van der Waals surface area contributed by atoms with Gasteiger partial charge in [-0.25, -0.2) is 0 Å². The number of carbonyl (C=O) groups excluding carboxylic acids is 1. The second-order valence-corrected chi connectivity index (χ2v) is 5.23. The molecule has 18 heavy (non-hydrogen) atoms. The Hall–Kier alpha value is -1.35. The van der Waals surface area contributed by atoms with E-state index in [9.17, 15) is 4.79 Å². The normalized spacial score (nSPS) is 20.7. The summed E-state index contributed by atoms with van der Waals surface area (Å²) < 4.78 is 0. The lowest BCUT2D eigenvalue weighted by atomic mass is 10.0. The minimum atomic E-state index is 0.0904. The van der Waals surface area contributed by atoms with E-state index in [2.05, 4.69) is 17.1 Å². The number of nitrogens with one attached hydrogen (secondary N) is 1. The molecule has 3 nitrogen and oxygen atoms in total. The van der Waals surface area contributed by atoms with Gasteiger partial charge in [0.1, 0.15) is 0 Å². The monoisotopic (exact) mass is 246 g/mol. The van der Waals surface area contributed by atoms with Crippen molar-refractivity contribution in [3.63, 3.8) is 0 Å². The summed E-state index contributed by atoms with van der Waals surface area (Å²) >= 11 is 0. The molecule has 0 saturated carbocycles. The molecular weight excluding hydrogens is 224 g/mol. The van der Waals surface area contributed by atoms with Crippen molar-refractivity contribution in [3.05, 3.63) is 29.8 Å². The number of carbonyl (C=O) groups is 1. The van der Waals surface area contributed by atoms with Gasteiger partial charge in [0.05, 0.1) is 6.54 Å². The fourth-order valence-electron chi connectivity index (χ4n) is 2.41. The molecule has 2 rings (SSSR count). The molecule has 1 N–H and O–H groups in total. The highest BCUT2D eigenvalue weighted by Crippen LogP contribution is 2.16. The first kappa shape index (κ1) is 13.1. The van der Waals surface area contributed by atoms with Crippen LogP contribution in [0, 0.1) is 6.92 Å². The highest BCUT2D eigenvalue weighted by atomic mass is 16.2.